The summed E-state index contributed by atoms with van der Waals surface area (Å²) >= 11 is 0. The summed E-state index contributed by atoms with van der Waals surface area (Å²) in [5.74, 6) is 0.994. The number of nitrogens with one attached hydrogen (secondary N) is 1. The fraction of sp³-hybridized carbons (Fsp3) is 0.333. The monoisotopic (exact) mass is 348 g/mol. The van der Waals surface area contributed by atoms with Gasteiger partial charge in [0.2, 0.25) is 0 Å². The van der Waals surface area contributed by atoms with E-state index in [1.807, 2.05) is 48.5 Å². The number of anilines is 1. The fourth-order valence-electron chi connectivity index (χ4n) is 3.61. The van der Waals surface area contributed by atoms with Gasteiger partial charge in [0, 0.05) is 31.3 Å². The lowest BCUT2D eigenvalue weighted by Crippen LogP contribution is -2.22. The molecule has 134 valence electrons. The average molecular weight is 348 g/mol. The van der Waals surface area contributed by atoms with Crippen LogP contribution >= 0.6 is 0 Å². The average Bonchev–Trinajstić information content (AvgIpc) is 3.29. The Hall–Kier alpha value is -2.66. The molecule has 3 aromatic rings. The second kappa shape index (κ2) is 7.30. The molecule has 1 amide bonds. The second-order valence-corrected chi connectivity index (χ2v) is 6.91. The zero-order valence-electron chi connectivity index (χ0n) is 15.1. The van der Waals surface area contributed by atoms with Crippen molar-refractivity contribution >= 4 is 22.6 Å². The third-order valence-corrected chi connectivity index (χ3v) is 5.12. The first-order valence-electron chi connectivity index (χ1n) is 9.25. The lowest BCUT2D eigenvalue weighted by Gasteiger charge is -2.13. The first-order valence-corrected chi connectivity index (χ1v) is 9.25. The van der Waals surface area contributed by atoms with Crippen molar-refractivity contribution in [2.45, 2.75) is 19.3 Å². The van der Waals surface area contributed by atoms with E-state index in [0.29, 0.717) is 5.56 Å². The number of rotatable bonds is 5. The van der Waals surface area contributed by atoms with Crippen LogP contribution in [-0.2, 0) is 13.5 Å². The largest absolute Gasteiger partial charge is 0.331 e. The molecule has 5 nitrogen and oxygen atoms in total. The lowest BCUT2D eigenvalue weighted by atomic mass is 10.2. The third-order valence-electron chi connectivity index (χ3n) is 5.12. The smallest absolute Gasteiger partial charge is 0.255 e. The van der Waals surface area contributed by atoms with Crippen LogP contribution in [0.5, 0.6) is 0 Å². The highest BCUT2D eigenvalue weighted by Gasteiger charge is 2.14. The van der Waals surface area contributed by atoms with E-state index in [1.165, 1.54) is 25.9 Å². The van der Waals surface area contributed by atoms with Crippen LogP contribution in [0, 0.1) is 0 Å². The first-order chi connectivity index (χ1) is 12.7. The minimum Gasteiger partial charge on any atom is -0.331 e. The van der Waals surface area contributed by atoms with E-state index in [4.69, 9.17) is 4.98 Å². The van der Waals surface area contributed by atoms with E-state index >= 15 is 0 Å². The maximum absolute atomic E-state index is 12.3. The molecule has 1 saturated heterocycles. The number of fused-ring (bicyclic) bond motifs is 1. The Balaban J connectivity index is 1.50. The first kappa shape index (κ1) is 16.8. The second-order valence-electron chi connectivity index (χ2n) is 6.91. The number of likely N-dealkylation sites (tertiary alicyclic amines) is 1. The Bertz CT molecular complexity index is 910. The number of amides is 1. The summed E-state index contributed by atoms with van der Waals surface area (Å²) in [5.41, 5.74) is 3.45. The summed E-state index contributed by atoms with van der Waals surface area (Å²) < 4.78 is 2.16. The van der Waals surface area contributed by atoms with Crippen molar-refractivity contribution in [2.75, 3.05) is 25.0 Å². The third kappa shape index (κ3) is 3.48. The van der Waals surface area contributed by atoms with Gasteiger partial charge in [0.15, 0.2) is 0 Å². The van der Waals surface area contributed by atoms with Gasteiger partial charge in [0.1, 0.15) is 5.82 Å². The standard InChI is InChI=1S/C21H24N4O/c1-24-19-10-9-17(22-21(26)16-7-3-2-4-8-16)15-18(19)23-20(24)11-14-25-12-5-6-13-25/h2-4,7-10,15H,5-6,11-14H2,1H3,(H,22,26). The molecule has 0 saturated carbocycles. The summed E-state index contributed by atoms with van der Waals surface area (Å²) in [6, 6.07) is 15.2. The number of aromatic nitrogens is 2. The number of benzene rings is 2. The van der Waals surface area contributed by atoms with Crippen molar-refractivity contribution < 1.29 is 4.79 Å². The summed E-state index contributed by atoms with van der Waals surface area (Å²) in [6.07, 6.45) is 3.58. The highest BCUT2D eigenvalue weighted by Crippen LogP contribution is 2.21. The van der Waals surface area contributed by atoms with Crippen LogP contribution in [0.2, 0.25) is 0 Å². The van der Waals surface area contributed by atoms with Crippen LogP contribution in [0.15, 0.2) is 48.5 Å². The SMILES string of the molecule is Cn1c(CCN2CCCC2)nc2cc(NC(=O)c3ccccc3)ccc21. The van der Waals surface area contributed by atoms with Gasteiger partial charge in [-0.2, -0.15) is 0 Å². The predicted octanol–water partition coefficient (Wildman–Crippen LogP) is 3.46. The summed E-state index contributed by atoms with van der Waals surface area (Å²) in [6.45, 7) is 3.48. The molecule has 1 aliphatic rings. The van der Waals surface area contributed by atoms with Gasteiger partial charge in [0.05, 0.1) is 11.0 Å². The molecular weight excluding hydrogens is 324 g/mol. The van der Waals surface area contributed by atoms with Gasteiger partial charge in [-0.3, -0.25) is 4.79 Å². The van der Waals surface area contributed by atoms with E-state index in [2.05, 4.69) is 21.8 Å². The molecule has 4 rings (SSSR count). The van der Waals surface area contributed by atoms with Gasteiger partial charge >= 0.3 is 0 Å². The Morgan fingerprint density at radius 2 is 1.88 bits per heavy atom. The molecular formula is C21H24N4O. The Labute approximate surface area is 153 Å². The van der Waals surface area contributed by atoms with Crippen LogP contribution < -0.4 is 5.32 Å². The molecule has 0 aliphatic carbocycles. The van der Waals surface area contributed by atoms with Crippen LogP contribution in [0.25, 0.3) is 11.0 Å². The van der Waals surface area contributed by atoms with Gasteiger partial charge in [-0.1, -0.05) is 18.2 Å². The molecule has 0 radical (unpaired) electrons. The molecule has 0 atom stereocenters. The number of nitrogens with zero attached hydrogens (tertiary/aromatic N) is 3. The highest BCUT2D eigenvalue weighted by molar-refractivity contribution is 6.04. The van der Waals surface area contributed by atoms with E-state index < -0.39 is 0 Å². The predicted molar refractivity (Wildman–Crippen MR) is 104 cm³/mol. The van der Waals surface area contributed by atoms with E-state index in [-0.39, 0.29) is 5.91 Å². The molecule has 2 heterocycles. The topological polar surface area (TPSA) is 50.2 Å². The molecule has 26 heavy (non-hydrogen) atoms. The van der Waals surface area contributed by atoms with Crippen molar-refractivity contribution in [2.24, 2.45) is 7.05 Å². The van der Waals surface area contributed by atoms with E-state index in [9.17, 15) is 4.79 Å². The number of carbonyl (C=O) groups excluding carboxylic acids is 1. The van der Waals surface area contributed by atoms with Crippen LogP contribution in [0.1, 0.15) is 29.0 Å². The minimum absolute atomic E-state index is 0.102. The Morgan fingerprint density at radius 3 is 2.65 bits per heavy atom. The van der Waals surface area contributed by atoms with Crippen LogP contribution in [0.4, 0.5) is 5.69 Å². The van der Waals surface area contributed by atoms with Gasteiger partial charge < -0.3 is 14.8 Å². The number of aryl methyl sites for hydroxylation is 1. The summed E-state index contributed by atoms with van der Waals surface area (Å²) in [5, 5.41) is 2.96. The van der Waals surface area contributed by atoms with Crippen molar-refractivity contribution in [1.82, 2.24) is 14.5 Å². The molecule has 1 fully saturated rings. The molecule has 1 aromatic heterocycles. The molecule has 2 aromatic carbocycles. The number of hydrogen-bond donors (Lipinski definition) is 1. The number of hydrogen-bond acceptors (Lipinski definition) is 3. The molecule has 5 heteroatoms. The maximum Gasteiger partial charge on any atom is 0.255 e. The van der Waals surface area contributed by atoms with Crippen molar-refractivity contribution in [3.8, 4) is 0 Å². The van der Waals surface area contributed by atoms with Gasteiger partial charge in [-0.05, 0) is 56.3 Å². The minimum atomic E-state index is -0.102. The van der Waals surface area contributed by atoms with Gasteiger partial charge in [-0.25, -0.2) is 4.98 Å². The normalized spacial score (nSPS) is 14.8. The number of carbonyl (C=O) groups is 1. The van der Waals surface area contributed by atoms with Crippen LogP contribution in [-0.4, -0.2) is 40.0 Å². The van der Waals surface area contributed by atoms with E-state index in [0.717, 1.165) is 35.5 Å². The Morgan fingerprint density at radius 1 is 1.12 bits per heavy atom. The van der Waals surface area contributed by atoms with Gasteiger partial charge in [-0.15, -0.1) is 0 Å². The van der Waals surface area contributed by atoms with E-state index in [1.54, 1.807) is 0 Å². The summed E-state index contributed by atoms with van der Waals surface area (Å²) in [4.78, 5) is 19.6. The molecule has 1 N–H and O–H groups in total. The molecule has 0 bridgehead atoms. The number of imidazole rings is 1. The lowest BCUT2D eigenvalue weighted by molar-refractivity contribution is 0.102. The van der Waals surface area contributed by atoms with Gasteiger partial charge in [0.25, 0.3) is 5.91 Å². The fourth-order valence-corrected chi connectivity index (χ4v) is 3.61. The zero-order chi connectivity index (χ0) is 17.9. The molecule has 1 aliphatic heterocycles. The zero-order valence-corrected chi connectivity index (χ0v) is 15.1. The van der Waals surface area contributed by atoms with Crippen molar-refractivity contribution in [1.29, 1.82) is 0 Å². The highest BCUT2D eigenvalue weighted by atomic mass is 16.1. The quantitative estimate of drug-likeness (QED) is 0.768. The van der Waals surface area contributed by atoms with Crippen LogP contribution in [0.3, 0.4) is 0 Å². The van der Waals surface area contributed by atoms with Crippen molar-refractivity contribution in [3.05, 3.63) is 59.9 Å². The molecule has 0 unspecified atom stereocenters. The summed E-state index contributed by atoms with van der Waals surface area (Å²) in [7, 11) is 2.07. The Kier molecular flexibility index (Phi) is 4.71. The molecule has 0 spiro atoms. The van der Waals surface area contributed by atoms with Crippen molar-refractivity contribution in [3.63, 3.8) is 0 Å². The maximum atomic E-state index is 12.3.